The van der Waals surface area contributed by atoms with E-state index in [4.69, 9.17) is 14.2 Å². The molecule has 4 rings (SSSR count). The molecule has 152 valence electrons. The first-order chi connectivity index (χ1) is 14.5. The van der Waals surface area contributed by atoms with Gasteiger partial charge in [-0.05, 0) is 47.5 Å². The lowest BCUT2D eigenvalue weighted by molar-refractivity contribution is 0.0593. The third-order valence-electron chi connectivity index (χ3n) is 4.77. The Morgan fingerprint density at radius 3 is 2.00 bits per heavy atom. The topological polar surface area (TPSA) is 94.9 Å². The SMILES string of the molecule is COC(=O)c1cc2[nH]c(-c3ccc(OC)cc3)c(-c3ccc(OC)cc3)c(=O)n2n1. The first-order valence-corrected chi connectivity index (χ1v) is 9.09. The van der Waals surface area contributed by atoms with Gasteiger partial charge < -0.3 is 19.2 Å². The number of benzene rings is 2. The monoisotopic (exact) mass is 405 g/mol. The average molecular weight is 405 g/mol. The van der Waals surface area contributed by atoms with Gasteiger partial charge in [0.25, 0.3) is 5.56 Å². The van der Waals surface area contributed by atoms with E-state index in [0.29, 0.717) is 34.0 Å². The standard InChI is InChI=1S/C22H19N3O5/c1-28-15-8-4-13(5-9-15)19-20(14-6-10-16(29-2)11-7-14)23-18-12-17(22(27)30-3)24-25(18)21(19)26/h4-12,23H,1-3H3. The summed E-state index contributed by atoms with van der Waals surface area (Å²) in [5.74, 6) is 0.753. The summed E-state index contributed by atoms with van der Waals surface area (Å²) in [4.78, 5) is 28.5. The zero-order chi connectivity index (χ0) is 21.3. The molecule has 0 bridgehead atoms. The number of esters is 1. The Morgan fingerprint density at radius 1 is 0.900 bits per heavy atom. The lowest BCUT2D eigenvalue weighted by Gasteiger charge is -2.12. The second-order valence-corrected chi connectivity index (χ2v) is 6.46. The van der Waals surface area contributed by atoms with Gasteiger partial charge in [0, 0.05) is 6.07 Å². The number of rotatable bonds is 5. The van der Waals surface area contributed by atoms with Gasteiger partial charge in [-0.15, -0.1) is 0 Å². The Morgan fingerprint density at radius 2 is 1.47 bits per heavy atom. The van der Waals surface area contributed by atoms with E-state index in [0.717, 1.165) is 5.56 Å². The van der Waals surface area contributed by atoms with Crippen molar-refractivity contribution in [2.75, 3.05) is 21.3 Å². The number of hydrogen-bond acceptors (Lipinski definition) is 6. The number of aromatic amines is 1. The highest BCUT2D eigenvalue weighted by Gasteiger charge is 2.20. The van der Waals surface area contributed by atoms with Crippen LogP contribution in [0.4, 0.5) is 0 Å². The molecule has 30 heavy (non-hydrogen) atoms. The Balaban J connectivity index is 2.00. The van der Waals surface area contributed by atoms with Crippen molar-refractivity contribution in [3.63, 3.8) is 0 Å². The van der Waals surface area contributed by atoms with Crippen molar-refractivity contribution in [1.29, 1.82) is 0 Å². The molecule has 0 aliphatic rings. The van der Waals surface area contributed by atoms with Crippen molar-refractivity contribution in [2.24, 2.45) is 0 Å². The van der Waals surface area contributed by atoms with Gasteiger partial charge in [0.1, 0.15) is 17.1 Å². The molecule has 0 unspecified atom stereocenters. The molecule has 0 amide bonds. The summed E-state index contributed by atoms with van der Waals surface area (Å²) < 4.78 is 16.3. The maximum Gasteiger partial charge on any atom is 0.358 e. The Bertz CT molecular complexity index is 1270. The number of nitrogens with one attached hydrogen (secondary N) is 1. The van der Waals surface area contributed by atoms with E-state index in [2.05, 4.69) is 10.1 Å². The van der Waals surface area contributed by atoms with Crippen LogP contribution in [0.1, 0.15) is 10.5 Å². The number of carbonyl (C=O) groups excluding carboxylic acids is 1. The van der Waals surface area contributed by atoms with Gasteiger partial charge in [-0.2, -0.15) is 9.61 Å². The number of carbonyl (C=O) groups is 1. The molecule has 0 aliphatic heterocycles. The molecule has 1 N–H and O–H groups in total. The highest BCUT2D eigenvalue weighted by Crippen LogP contribution is 2.30. The molecule has 8 nitrogen and oxygen atoms in total. The molecule has 2 heterocycles. The minimum Gasteiger partial charge on any atom is -0.497 e. The summed E-state index contributed by atoms with van der Waals surface area (Å²) >= 11 is 0. The summed E-state index contributed by atoms with van der Waals surface area (Å²) in [7, 11) is 4.43. The Kier molecular flexibility index (Phi) is 4.97. The van der Waals surface area contributed by atoms with Crippen LogP contribution in [-0.2, 0) is 4.74 Å². The van der Waals surface area contributed by atoms with Crippen LogP contribution in [-0.4, -0.2) is 41.9 Å². The fraction of sp³-hybridized carbons (Fsp3) is 0.136. The van der Waals surface area contributed by atoms with E-state index < -0.39 is 5.97 Å². The first-order valence-electron chi connectivity index (χ1n) is 9.09. The highest BCUT2D eigenvalue weighted by molar-refractivity contribution is 5.89. The normalized spacial score (nSPS) is 10.8. The fourth-order valence-electron chi connectivity index (χ4n) is 3.23. The number of fused-ring (bicyclic) bond motifs is 1. The van der Waals surface area contributed by atoms with Crippen LogP contribution in [0.25, 0.3) is 28.0 Å². The van der Waals surface area contributed by atoms with Crippen LogP contribution < -0.4 is 15.0 Å². The fourth-order valence-corrected chi connectivity index (χ4v) is 3.23. The quantitative estimate of drug-likeness (QED) is 0.513. The number of nitrogens with zero attached hydrogens (tertiary/aromatic N) is 2. The maximum absolute atomic E-state index is 13.4. The van der Waals surface area contributed by atoms with Gasteiger partial charge in [0.15, 0.2) is 5.69 Å². The molecule has 0 fully saturated rings. The number of ether oxygens (including phenoxy) is 3. The largest absolute Gasteiger partial charge is 0.497 e. The second-order valence-electron chi connectivity index (χ2n) is 6.46. The van der Waals surface area contributed by atoms with E-state index in [1.807, 2.05) is 24.3 Å². The van der Waals surface area contributed by atoms with E-state index in [1.54, 1.807) is 38.5 Å². The lowest BCUT2D eigenvalue weighted by Crippen LogP contribution is -2.19. The summed E-state index contributed by atoms with van der Waals surface area (Å²) in [6.07, 6.45) is 0. The molecule has 0 saturated heterocycles. The molecule has 4 aromatic rings. The number of methoxy groups -OCH3 is 3. The van der Waals surface area contributed by atoms with Gasteiger partial charge in [-0.25, -0.2) is 4.79 Å². The van der Waals surface area contributed by atoms with Gasteiger partial charge >= 0.3 is 5.97 Å². The summed E-state index contributed by atoms with van der Waals surface area (Å²) in [6.45, 7) is 0. The lowest BCUT2D eigenvalue weighted by atomic mass is 10.00. The summed E-state index contributed by atoms with van der Waals surface area (Å²) in [6, 6.07) is 16.0. The van der Waals surface area contributed by atoms with Crippen molar-refractivity contribution in [3.8, 4) is 33.9 Å². The molecule has 0 saturated carbocycles. The molecule has 2 aromatic heterocycles. The molecule has 2 aromatic carbocycles. The highest BCUT2D eigenvalue weighted by atomic mass is 16.5. The molecular weight excluding hydrogens is 386 g/mol. The zero-order valence-corrected chi connectivity index (χ0v) is 16.6. The number of aromatic nitrogens is 3. The van der Waals surface area contributed by atoms with Crippen LogP contribution in [0, 0.1) is 0 Å². The van der Waals surface area contributed by atoms with Gasteiger partial charge in [-0.1, -0.05) is 12.1 Å². The number of H-pyrrole nitrogens is 1. The van der Waals surface area contributed by atoms with Crippen molar-refractivity contribution >= 4 is 11.6 Å². The minimum absolute atomic E-state index is 0.0402. The van der Waals surface area contributed by atoms with Crippen molar-refractivity contribution in [2.45, 2.75) is 0 Å². The van der Waals surface area contributed by atoms with Crippen LogP contribution in [0.2, 0.25) is 0 Å². The molecule has 0 aliphatic carbocycles. The average Bonchev–Trinajstić information content (AvgIpc) is 3.23. The third kappa shape index (κ3) is 3.28. The third-order valence-corrected chi connectivity index (χ3v) is 4.77. The zero-order valence-electron chi connectivity index (χ0n) is 16.6. The maximum atomic E-state index is 13.4. The van der Waals surface area contributed by atoms with Gasteiger partial charge in [0.05, 0.1) is 32.6 Å². The van der Waals surface area contributed by atoms with E-state index >= 15 is 0 Å². The van der Waals surface area contributed by atoms with E-state index in [9.17, 15) is 9.59 Å². The molecule has 0 spiro atoms. The van der Waals surface area contributed by atoms with E-state index in [1.165, 1.54) is 17.7 Å². The van der Waals surface area contributed by atoms with Crippen LogP contribution in [0.3, 0.4) is 0 Å². The number of hydrogen-bond donors (Lipinski definition) is 1. The predicted molar refractivity (Wildman–Crippen MR) is 111 cm³/mol. The first kappa shape index (κ1) is 19.3. The second kappa shape index (κ2) is 7.75. The predicted octanol–water partition coefficient (Wildman–Crippen LogP) is 3.16. The van der Waals surface area contributed by atoms with Crippen molar-refractivity contribution in [3.05, 3.63) is 70.6 Å². The Hall–Kier alpha value is -4.07. The smallest absolute Gasteiger partial charge is 0.358 e. The Labute approximate surface area is 171 Å². The minimum atomic E-state index is -0.622. The van der Waals surface area contributed by atoms with Gasteiger partial charge in [-0.3, -0.25) is 4.79 Å². The van der Waals surface area contributed by atoms with Crippen LogP contribution in [0.5, 0.6) is 11.5 Å². The van der Waals surface area contributed by atoms with Crippen LogP contribution >= 0.6 is 0 Å². The molecule has 0 atom stereocenters. The van der Waals surface area contributed by atoms with Crippen molar-refractivity contribution < 1.29 is 19.0 Å². The summed E-state index contributed by atoms with van der Waals surface area (Å²) in [5, 5.41) is 4.12. The van der Waals surface area contributed by atoms with Crippen molar-refractivity contribution in [1.82, 2.24) is 14.6 Å². The molecule has 8 heteroatoms. The summed E-state index contributed by atoms with van der Waals surface area (Å²) in [5.41, 5.74) is 2.52. The van der Waals surface area contributed by atoms with Crippen LogP contribution in [0.15, 0.2) is 59.4 Å². The van der Waals surface area contributed by atoms with Gasteiger partial charge in [0.2, 0.25) is 0 Å². The molecular formula is C22H19N3O5. The molecule has 0 radical (unpaired) electrons. The van der Waals surface area contributed by atoms with E-state index in [-0.39, 0.29) is 11.3 Å².